The zero-order valence-electron chi connectivity index (χ0n) is 6.78. The molecule has 1 aliphatic rings. The normalized spacial score (nSPS) is 37.2. The fourth-order valence-electron chi connectivity index (χ4n) is 1.55. The lowest BCUT2D eigenvalue weighted by Gasteiger charge is -2.29. The van der Waals surface area contributed by atoms with Gasteiger partial charge in [0.1, 0.15) is 0 Å². The first-order valence-electron chi connectivity index (χ1n) is 3.78. The van der Waals surface area contributed by atoms with E-state index in [0.717, 1.165) is 0 Å². The molecule has 0 bridgehead atoms. The van der Waals surface area contributed by atoms with Gasteiger partial charge in [-0.15, -0.1) is 0 Å². The monoisotopic (exact) mass is 183 g/mol. The highest BCUT2D eigenvalue weighted by molar-refractivity contribution is 4.94. The smallest absolute Gasteiger partial charge is 0.393 e. The van der Waals surface area contributed by atoms with Crippen LogP contribution in [-0.4, -0.2) is 31.0 Å². The first kappa shape index (κ1) is 9.80. The Balaban J connectivity index is 2.77. The summed E-state index contributed by atoms with van der Waals surface area (Å²) < 4.78 is 36.9. The quantitative estimate of drug-likeness (QED) is 0.629. The minimum Gasteiger partial charge on any atom is -0.396 e. The van der Waals surface area contributed by atoms with E-state index in [9.17, 15) is 13.2 Å². The number of halogens is 3. The van der Waals surface area contributed by atoms with E-state index in [1.807, 2.05) is 0 Å². The van der Waals surface area contributed by atoms with Gasteiger partial charge in [-0.2, -0.15) is 13.2 Å². The molecule has 0 unspecified atom stereocenters. The lowest BCUT2D eigenvalue weighted by molar-refractivity contribution is -0.197. The average Bonchev–Trinajstić information content (AvgIpc) is 2.31. The molecular weight excluding hydrogens is 171 g/mol. The Morgan fingerprint density at radius 1 is 1.58 bits per heavy atom. The van der Waals surface area contributed by atoms with Gasteiger partial charge in [0.05, 0.1) is 12.5 Å². The number of aliphatic hydroxyl groups excluding tert-OH is 1. The van der Waals surface area contributed by atoms with Crippen molar-refractivity contribution < 1.29 is 18.3 Å². The van der Waals surface area contributed by atoms with Crippen molar-refractivity contribution >= 4 is 0 Å². The van der Waals surface area contributed by atoms with E-state index in [1.165, 1.54) is 6.92 Å². The lowest BCUT2D eigenvalue weighted by atomic mass is 9.80. The van der Waals surface area contributed by atoms with E-state index in [2.05, 4.69) is 5.32 Å². The van der Waals surface area contributed by atoms with Crippen LogP contribution in [0, 0.1) is 11.3 Å². The molecule has 2 atom stereocenters. The molecule has 1 rings (SSSR count). The molecule has 2 N–H and O–H groups in total. The second-order valence-electron chi connectivity index (χ2n) is 3.54. The van der Waals surface area contributed by atoms with Crippen molar-refractivity contribution in [2.75, 3.05) is 19.7 Å². The summed E-state index contributed by atoms with van der Waals surface area (Å²) in [5.74, 6) is -1.42. The van der Waals surface area contributed by atoms with Gasteiger partial charge in [0.25, 0.3) is 0 Å². The van der Waals surface area contributed by atoms with Gasteiger partial charge < -0.3 is 10.4 Å². The maximum absolute atomic E-state index is 12.3. The number of rotatable bonds is 1. The molecule has 0 spiro atoms. The zero-order chi connectivity index (χ0) is 9.41. The van der Waals surface area contributed by atoms with E-state index in [0.29, 0.717) is 0 Å². The predicted octanol–water partition coefficient (Wildman–Crippen LogP) is 0.767. The molecule has 0 amide bonds. The Morgan fingerprint density at radius 2 is 2.17 bits per heavy atom. The molecule has 1 heterocycles. The highest BCUT2D eigenvalue weighted by atomic mass is 19.4. The minimum absolute atomic E-state index is 0.0828. The Morgan fingerprint density at radius 3 is 2.50 bits per heavy atom. The van der Waals surface area contributed by atoms with Crippen LogP contribution in [0.4, 0.5) is 13.2 Å². The summed E-state index contributed by atoms with van der Waals surface area (Å²) in [7, 11) is 0. The molecule has 1 aliphatic heterocycles. The molecule has 0 aromatic heterocycles. The molecule has 12 heavy (non-hydrogen) atoms. The highest BCUT2D eigenvalue weighted by Gasteiger charge is 2.53. The van der Waals surface area contributed by atoms with Gasteiger partial charge in [0.2, 0.25) is 0 Å². The minimum atomic E-state index is -4.21. The third-order valence-electron chi connectivity index (χ3n) is 2.47. The van der Waals surface area contributed by atoms with Gasteiger partial charge in [-0.1, -0.05) is 6.92 Å². The molecule has 0 radical (unpaired) electrons. The topological polar surface area (TPSA) is 32.3 Å². The summed E-state index contributed by atoms with van der Waals surface area (Å²) >= 11 is 0. The van der Waals surface area contributed by atoms with E-state index >= 15 is 0 Å². The summed E-state index contributed by atoms with van der Waals surface area (Å²) in [6.07, 6.45) is -4.21. The Kier molecular flexibility index (Phi) is 2.35. The van der Waals surface area contributed by atoms with Crippen molar-refractivity contribution in [1.82, 2.24) is 5.32 Å². The van der Waals surface area contributed by atoms with Crippen molar-refractivity contribution in [3.05, 3.63) is 0 Å². The van der Waals surface area contributed by atoms with E-state index in [-0.39, 0.29) is 13.1 Å². The summed E-state index contributed by atoms with van der Waals surface area (Å²) in [4.78, 5) is 0. The van der Waals surface area contributed by atoms with Crippen molar-refractivity contribution in [3.8, 4) is 0 Å². The van der Waals surface area contributed by atoms with Gasteiger partial charge in [-0.3, -0.25) is 0 Å². The second kappa shape index (κ2) is 2.88. The number of aliphatic hydroxyl groups is 1. The fraction of sp³-hybridized carbons (Fsp3) is 1.00. The molecule has 0 saturated carbocycles. The molecule has 0 aromatic carbocycles. The summed E-state index contributed by atoms with van der Waals surface area (Å²) in [5.41, 5.74) is -1.04. The van der Waals surface area contributed by atoms with Crippen LogP contribution >= 0.6 is 0 Å². The standard InChI is InChI=1S/C7H12F3NO/c1-6(4-12)3-11-2-5(6)7(8,9)10/h5,11-12H,2-4H2,1H3/t5-,6-/m1/s1. The van der Waals surface area contributed by atoms with Crippen molar-refractivity contribution in [2.45, 2.75) is 13.1 Å². The molecule has 1 saturated heterocycles. The van der Waals surface area contributed by atoms with Crippen LogP contribution in [0.5, 0.6) is 0 Å². The van der Waals surface area contributed by atoms with E-state index in [1.54, 1.807) is 0 Å². The second-order valence-corrected chi connectivity index (χ2v) is 3.54. The Bertz CT molecular complexity index is 171. The number of nitrogens with one attached hydrogen (secondary N) is 1. The molecular formula is C7H12F3NO. The van der Waals surface area contributed by atoms with Gasteiger partial charge >= 0.3 is 6.18 Å². The summed E-state index contributed by atoms with van der Waals surface area (Å²) in [6.45, 7) is 1.17. The molecule has 72 valence electrons. The third-order valence-corrected chi connectivity index (χ3v) is 2.47. The zero-order valence-corrected chi connectivity index (χ0v) is 6.78. The van der Waals surface area contributed by atoms with Crippen molar-refractivity contribution in [2.24, 2.45) is 11.3 Å². The van der Waals surface area contributed by atoms with Crippen LogP contribution in [0.2, 0.25) is 0 Å². The van der Waals surface area contributed by atoms with Crippen molar-refractivity contribution in [3.63, 3.8) is 0 Å². The largest absolute Gasteiger partial charge is 0.396 e. The van der Waals surface area contributed by atoms with E-state index < -0.39 is 24.1 Å². The molecule has 2 nitrogen and oxygen atoms in total. The maximum atomic E-state index is 12.3. The van der Waals surface area contributed by atoms with E-state index in [4.69, 9.17) is 5.11 Å². The first-order chi connectivity index (χ1) is 5.40. The number of alkyl halides is 3. The highest BCUT2D eigenvalue weighted by Crippen LogP contribution is 2.41. The molecule has 1 fully saturated rings. The number of hydrogen-bond donors (Lipinski definition) is 2. The molecule has 5 heteroatoms. The molecule has 0 aromatic rings. The predicted molar refractivity (Wildman–Crippen MR) is 37.6 cm³/mol. The van der Waals surface area contributed by atoms with Crippen LogP contribution in [-0.2, 0) is 0 Å². The van der Waals surface area contributed by atoms with Gasteiger partial charge in [0, 0.05) is 18.5 Å². The average molecular weight is 183 g/mol. The fourth-order valence-corrected chi connectivity index (χ4v) is 1.55. The van der Waals surface area contributed by atoms with Gasteiger partial charge in [-0.25, -0.2) is 0 Å². The number of hydrogen-bond acceptors (Lipinski definition) is 2. The SMILES string of the molecule is C[C@]1(CO)CNC[C@H]1C(F)(F)F. The van der Waals surface area contributed by atoms with Gasteiger partial charge in [-0.05, 0) is 0 Å². The van der Waals surface area contributed by atoms with Crippen molar-refractivity contribution in [1.29, 1.82) is 0 Å². The lowest BCUT2D eigenvalue weighted by Crippen LogP contribution is -2.39. The van der Waals surface area contributed by atoms with Crippen LogP contribution in [0.3, 0.4) is 0 Å². The van der Waals surface area contributed by atoms with Crippen LogP contribution in [0.15, 0.2) is 0 Å². The first-order valence-corrected chi connectivity index (χ1v) is 3.78. The third kappa shape index (κ3) is 1.56. The van der Waals surface area contributed by atoms with Gasteiger partial charge in [0.15, 0.2) is 0 Å². The Hall–Kier alpha value is -0.290. The maximum Gasteiger partial charge on any atom is 0.393 e. The molecule has 0 aliphatic carbocycles. The van der Waals surface area contributed by atoms with Crippen LogP contribution in [0.1, 0.15) is 6.92 Å². The van der Waals surface area contributed by atoms with Crippen LogP contribution in [0.25, 0.3) is 0 Å². The summed E-state index contributed by atoms with van der Waals surface area (Å²) in [6, 6.07) is 0. The summed E-state index contributed by atoms with van der Waals surface area (Å²) in [5, 5.41) is 11.5. The Labute approximate surface area is 68.8 Å². The van der Waals surface area contributed by atoms with Crippen LogP contribution < -0.4 is 5.32 Å².